The molecule has 1 aromatic rings. The van der Waals surface area contributed by atoms with Crippen molar-refractivity contribution in [2.75, 3.05) is 40.5 Å². The van der Waals surface area contributed by atoms with E-state index < -0.39 is 18.2 Å². The Morgan fingerprint density at radius 3 is 2.81 bits per heavy atom. The van der Waals surface area contributed by atoms with Gasteiger partial charge in [-0.3, -0.25) is 9.59 Å². The minimum atomic E-state index is -0.815. The molecular weight excluding hydrogens is 402 g/mol. The Morgan fingerprint density at radius 1 is 1.48 bits per heavy atom. The first-order valence-corrected chi connectivity index (χ1v) is 10.2. The smallest absolute Gasteiger partial charge is 0.259 e. The third-order valence-electron chi connectivity index (χ3n) is 5.09. The van der Waals surface area contributed by atoms with Gasteiger partial charge in [0.1, 0.15) is 24.4 Å². The second kappa shape index (κ2) is 11.1. The van der Waals surface area contributed by atoms with Crippen molar-refractivity contribution in [2.24, 2.45) is 5.92 Å². The van der Waals surface area contributed by atoms with E-state index in [4.69, 9.17) is 9.47 Å². The minimum absolute atomic E-state index is 0.0378. The number of likely N-dealkylation sites (N-methyl/N-ethyl adjacent to an activating group) is 1. The van der Waals surface area contributed by atoms with E-state index in [0.29, 0.717) is 12.1 Å². The van der Waals surface area contributed by atoms with Crippen LogP contribution in [0.15, 0.2) is 12.3 Å². The Bertz CT molecular complexity index is 847. The lowest BCUT2D eigenvalue weighted by Crippen LogP contribution is -2.50. The summed E-state index contributed by atoms with van der Waals surface area (Å²) in [6.07, 6.45) is 0.225. The molecule has 0 radical (unpaired) electrons. The molecule has 1 aromatic heterocycles. The number of hydrogen-bond acceptors (Lipinski definition) is 7. The SMILES string of the molecule is COCC(=O)N(C)C[C@H]1Oc2ncc(C#C[C@H](C)O)cc2C(=O)N([C@@H](C)CO)C[C@@H]1C. The quantitative estimate of drug-likeness (QED) is 0.614. The molecule has 0 saturated carbocycles. The summed E-state index contributed by atoms with van der Waals surface area (Å²) < 4.78 is 11.0. The van der Waals surface area contributed by atoms with Crippen LogP contribution in [0.1, 0.15) is 36.7 Å². The van der Waals surface area contributed by atoms with Crippen LogP contribution in [0.5, 0.6) is 5.88 Å². The van der Waals surface area contributed by atoms with Crippen LogP contribution in [-0.2, 0) is 9.53 Å². The van der Waals surface area contributed by atoms with Crippen molar-refractivity contribution in [3.05, 3.63) is 23.4 Å². The van der Waals surface area contributed by atoms with Crippen LogP contribution in [0.25, 0.3) is 0 Å². The fourth-order valence-corrected chi connectivity index (χ4v) is 3.18. The van der Waals surface area contributed by atoms with Gasteiger partial charge in [0.2, 0.25) is 11.8 Å². The van der Waals surface area contributed by atoms with Gasteiger partial charge in [-0.2, -0.15) is 0 Å². The number of carbonyl (C=O) groups is 2. The molecule has 0 aliphatic carbocycles. The molecule has 0 saturated heterocycles. The van der Waals surface area contributed by atoms with Gasteiger partial charge in [-0.25, -0.2) is 4.98 Å². The Kier molecular flexibility index (Phi) is 8.80. The maximum Gasteiger partial charge on any atom is 0.259 e. The number of nitrogens with zero attached hydrogens (tertiary/aromatic N) is 3. The number of hydrogen-bond donors (Lipinski definition) is 2. The summed E-state index contributed by atoms with van der Waals surface area (Å²) in [6, 6.07) is 1.16. The largest absolute Gasteiger partial charge is 0.472 e. The third kappa shape index (κ3) is 6.40. The first-order valence-electron chi connectivity index (χ1n) is 10.2. The number of aliphatic hydroxyl groups excluding tert-OH is 2. The van der Waals surface area contributed by atoms with E-state index in [-0.39, 0.29) is 48.9 Å². The molecule has 0 spiro atoms. The van der Waals surface area contributed by atoms with Crippen LogP contribution in [-0.4, -0.2) is 95.5 Å². The number of ether oxygens (including phenoxy) is 2. The highest BCUT2D eigenvalue weighted by molar-refractivity contribution is 5.97. The molecular formula is C22H31N3O6. The standard InChI is InChI=1S/C22H31N3O6/c1-14-10-25(15(2)12-26)22(29)18-8-17(7-6-16(3)27)9-23-21(18)31-19(14)11-24(4)20(28)13-30-5/h8-9,14-16,19,26-27H,10-13H2,1-5H3/t14-,15-,16-,19+/m0/s1. The van der Waals surface area contributed by atoms with Gasteiger partial charge in [0.05, 0.1) is 19.2 Å². The van der Waals surface area contributed by atoms with E-state index in [1.54, 1.807) is 31.9 Å². The summed E-state index contributed by atoms with van der Waals surface area (Å²) in [4.78, 5) is 32.8. The maximum atomic E-state index is 13.3. The van der Waals surface area contributed by atoms with Crippen molar-refractivity contribution in [3.63, 3.8) is 0 Å². The fourth-order valence-electron chi connectivity index (χ4n) is 3.18. The number of pyridine rings is 1. The van der Waals surface area contributed by atoms with E-state index >= 15 is 0 Å². The first-order chi connectivity index (χ1) is 14.7. The molecule has 9 nitrogen and oxygen atoms in total. The fraction of sp³-hybridized carbons (Fsp3) is 0.591. The van der Waals surface area contributed by atoms with Crippen molar-refractivity contribution in [1.29, 1.82) is 0 Å². The number of aromatic nitrogens is 1. The minimum Gasteiger partial charge on any atom is -0.472 e. The number of carbonyl (C=O) groups excluding carboxylic acids is 2. The molecule has 0 bridgehead atoms. The van der Waals surface area contributed by atoms with Crippen molar-refractivity contribution in [1.82, 2.24) is 14.8 Å². The lowest BCUT2D eigenvalue weighted by atomic mass is 10.00. The van der Waals surface area contributed by atoms with Gasteiger partial charge in [0.15, 0.2) is 0 Å². The number of amides is 2. The van der Waals surface area contributed by atoms with Crippen molar-refractivity contribution in [3.8, 4) is 17.7 Å². The van der Waals surface area contributed by atoms with Crippen LogP contribution < -0.4 is 4.74 Å². The summed E-state index contributed by atoms with van der Waals surface area (Å²) >= 11 is 0. The second-order valence-electron chi connectivity index (χ2n) is 7.85. The molecule has 2 N–H and O–H groups in total. The van der Waals surface area contributed by atoms with Gasteiger partial charge in [-0.1, -0.05) is 18.8 Å². The van der Waals surface area contributed by atoms with Gasteiger partial charge in [-0.05, 0) is 19.9 Å². The number of aliphatic hydroxyl groups is 2. The molecule has 9 heteroatoms. The molecule has 0 unspecified atom stereocenters. The Labute approximate surface area is 183 Å². The van der Waals surface area contributed by atoms with Crippen LogP contribution in [0, 0.1) is 17.8 Å². The second-order valence-corrected chi connectivity index (χ2v) is 7.85. The monoisotopic (exact) mass is 433 g/mol. The average Bonchev–Trinajstić information content (AvgIpc) is 2.74. The zero-order valence-electron chi connectivity index (χ0n) is 18.7. The summed E-state index contributed by atoms with van der Waals surface area (Å²) in [5.74, 6) is 4.91. The molecule has 4 atom stereocenters. The Balaban J connectivity index is 2.44. The normalized spacial score (nSPS) is 20.4. The molecule has 0 aromatic carbocycles. The number of fused-ring (bicyclic) bond motifs is 1. The van der Waals surface area contributed by atoms with E-state index in [9.17, 15) is 19.8 Å². The summed E-state index contributed by atoms with van der Waals surface area (Å²) in [5, 5.41) is 19.1. The van der Waals surface area contributed by atoms with Crippen molar-refractivity contribution < 1.29 is 29.3 Å². The van der Waals surface area contributed by atoms with Crippen LogP contribution in [0.3, 0.4) is 0 Å². The molecule has 2 heterocycles. The lowest BCUT2D eigenvalue weighted by molar-refractivity contribution is -0.135. The molecule has 31 heavy (non-hydrogen) atoms. The zero-order valence-corrected chi connectivity index (χ0v) is 18.7. The van der Waals surface area contributed by atoms with E-state index in [2.05, 4.69) is 16.8 Å². The van der Waals surface area contributed by atoms with Gasteiger partial charge in [0, 0.05) is 38.4 Å². The predicted octanol–water partition coefficient (Wildman–Crippen LogP) is 0.139. The maximum absolute atomic E-state index is 13.3. The Morgan fingerprint density at radius 2 is 2.19 bits per heavy atom. The lowest BCUT2D eigenvalue weighted by Gasteiger charge is -2.37. The number of rotatable bonds is 6. The van der Waals surface area contributed by atoms with Crippen LogP contribution in [0.4, 0.5) is 0 Å². The van der Waals surface area contributed by atoms with Crippen LogP contribution >= 0.6 is 0 Å². The Hall–Kier alpha value is -2.67. The average molecular weight is 434 g/mol. The van der Waals surface area contributed by atoms with Crippen molar-refractivity contribution >= 4 is 11.8 Å². The van der Waals surface area contributed by atoms with Gasteiger partial charge < -0.3 is 29.5 Å². The first kappa shape index (κ1) is 24.6. The van der Waals surface area contributed by atoms with Gasteiger partial charge in [-0.15, -0.1) is 0 Å². The van der Waals surface area contributed by atoms with Gasteiger partial charge >= 0.3 is 0 Å². The zero-order chi connectivity index (χ0) is 23.1. The summed E-state index contributed by atoms with van der Waals surface area (Å²) in [7, 11) is 3.12. The molecule has 1 aliphatic heterocycles. The molecule has 2 amide bonds. The van der Waals surface area contributed by atoms with E-state index in [1.165, 1.54) is 18.2 Å². The molecule has 0 fully saturated rings. The van der Waals surface area contributed by atoms with E-state index in [1.807, 2.05) is 6.92 Å². The van der Waals surface area contributed by atoms with Crippen molar-refractivity contribution in [2.45, 2.75) is 39.0 Å². The third-order valence-corrected chi connectivity index (χ3v) is 5.09. The van der Waals surface area contributed by atoms with E-state index in [0.717, 1.165) is 0 Å². The predicted molar refractivity (Wildman–Crippen MR) is 113 cm³/mol. The summed E-state index contributed by atoms with van der Waals surface area (Å²) in [6.45, 7) is 5.62. The highest BCUT2D eigenvalue weighted by Gasteiger charge is 2.34. The van der Waals surface area contributed by atoms with Gasteiger partial charge in [0.25, 0.3) is 5.91 Å². The molecule has 2 rings (SSSR count). The summed E-state index contributed by atoms with van der Waals surface area (Å²) in [5.41, 5.74) is 0.686. The van der Waals surface area contributed by atoms with Crippen LogP contribution in [0.2, 0.25) is 0 Å². The molecule has 170 valence electrons. The highest BCUT2D eigenvalue weighted by atomic mass is 16.5. The highest BCUT2D eigenvalue weighted by Crippen LogP contribution is 2.27. The number of methoxy groups -OCH3 is 1. The topological polar surface area (TPSA) is 112 Å². The molecule has 1 aliphatic rings.